The van der Waals surface area contributed by atoms with E-state index in [1.165, 1.54) is 25.3 Å². The monoisotopic (exact) mass is 690 g/mol. The number of allylic oxidation sites excluding steroid dienone is 4. The van der Waals surface area contributed by atoms with Crippen LogP contribution in [0.5, 0.6) is 0 Å². The minimum Gasteiger partial charge on any atom is -0.454 e. The lowest BCUT2D eigenvalue weighted by atomic mass is 9.44. The van der Waals surface area contributed by atoms with Gasteiger partial charge in [0, 0.05) is 23.9 Å². The van der Waals surface area contributed by atoms with E-state index in [-0.39, 0.29) is 35.8 Å². The third-order valence-electron chi connectivity index (χ3n) is 12.3. The van der Waals surface area contributed by atoms with Crippen molar-refractivity contribution >= 4 is 29.1 Å². The SMILES string of the molecule is CO[C@]1(C(=O)COC(=O)c2cc(F)ccc2NC(=O)[C@@H](N)Cc2ccccc2)[C@H](C)CC2[C@@H]3CCC4=CC(=O)C=C[C@]4(C)[C@@]3(F)[C@@H](O)C[C@@]21C. The molecule has 0 radical (unpaired) electrons. The van der Waals surface area contributed by atoms with Crippen LogP contribution in [0.3, 0.4) is 0 Å². The number of anilines is 1. The van der Waals surface area contributed by atoms with E-state index >= 15 is 4.39 Å². The average molecular weight is 691 g/mol. The van der Waals surface area contributed by atoms with E-state index < -0.39 is 76.2 Å². The molecule has 0 heterocycles. The second-order valence-electron chi connectivity index (χ2n) is 14.8. The molecule has 6 rings (SSSR count). The first-order valence-electron chi connectivity index (χ1n) is 17.1. The average Bonchev–Trinajstić information content (AvgIpc) is 3.31. The standard InChI is InChI=1S/C39H44F2N2O7/c1-22-16-29-28-12-10-24-18-26(44)14-15-36(24,2)38(28,41)32(45)20-37(29,3)39(22,49-4)33(46)21-50-35(48)27-19-25(40)11-13-31(27)43-34(47)30(42)17-23-8-6-5-7-9-23/h5-9,11,13-15,18-19,22,28-30,32,45H,10,12,16-17,20-21,42H2,1-4H3,(H,43,47)/t22-,28+,29?,30+,32+,36+,37+,38+,39+/m1/s1. The van der Waals surface area contributed by atoms with Gasteiger partial charge in [-0.25, -0.2) is 13.6 Å². The molecule has 0 aromatic heterocycles. The molecule has 9 atom stereocenters. The number of aliphatic hydroxyl groups excluding tert-OH is 1. The highest BCUT2D eigenvalue weighted by Crippen LogP contribution is 2.71. The Hall–Kier alpha value is -4.06. The number of benzene rings is 2. The molecule has 4 aliphatic rings. The molecular formula is C39H44F2N2O7. The van der Waals surface area contributed by atoms with Crippen molar-refractivity contribution in [1.29, 1.82) is 0 Å². The molecular weight excluding hydrogens is 646 g/mol. The number of alkyl halides is 1. The zero-order valence-corrected chi connectivity index (χ0v) is 28.7. The quantitative estimate of drug-likeness (QED) is 0.310. The van der Waals surface area contributed by atoms with Crippen molar-refractivity contribution in [3.05, 3.63) is 89.3 Å². The van der Waals surface area contributed by atoms with Gasteiger partial charge in [0.15, 0.2) is 18.1 Å². The fourth-order valence-electron chi connectivity index (χ4n) is 9.97. The highest BCUT2D eigenvalue weighted by molar-refractivity contribution is 6.04. The summed E-state index contributed by atoms with van der Waals surface area (Å²) in [6.45, 7) is 4.66. The van der Waals surface area contributed by atoms with E-state index in [0.717, 1.165) is 17.7 Å². The number of ether oxygens (including phenoxy) is 2. The maximum absolute atomic E-state index is 17.6. The fourth-order valence-corrected chi connectivity index (χ4v) is 9.97. The van der Waals surface area contributed by atoms with E-state index in [9.17, 15) is 28.7 Å². The van der Waals surface area contributed by atoms with Gasteiger partial charge in [-0.2, -0.15) is 0 Å². The first kappa shape index (κ1) is 35.8. The van der Waals surface area contributed by atoms with Crippen molar-refractivity contribution < 1.29 is 42.5 Å². The van der Waals surface area contributed by atoms with Gasteiger partial charge in [-0.3, -0.25) is 14.4 Å². The maximum Gasteiger partial charge on any atom is 0.340 e. The van der Waals surface area contributed by atoms with Crippen molar-refractivity contribution in [2.75, 3.05) is 19.0 Å². The number of esters is 1. The van der Waals surface area contributed by atoms with Crippen molar-refractivity contribution in [3.8, 4) is 0 Å². The maximum atomic E-state index is 17.6. The first-order valence-corrected chi connectivity index (χ1v) is 17.1. The van der Waals surface area contributed by atoms with Gasteiger partial charge in [0.05, 0.1) is 23.4 Å². The third kappa shape index (κ3) is 5.36. The molecule has 3 fully saturated rings. The molecule has 266 valence electrons. The molecule has 4 aliphatic carbocycles. The highest BCUT2D eigenvalue weighted by atomic mass is 19.1. The zero-order chi connectivity index (χ0) is 36.2. The van der Waals surface area contributed by atoms with Gasteiger partial charge < -0.3 is 25.6 Å². The van der Waals surface area contributed by atoms with Gasteiger partial charge >= 0.3 is 5.97 Å². The summed E-state index contributed by atoms with van der Waals surface area (Å²) in [6, 6.07) is 11.4. The van der Waals surface area contributed by atoms with Gasteiger partial charge in [-0.15, -0.1) is 0 Å². The van der Waals surface area contributed by atoms with E-state index in [4.69, 9.17) is 15.2 Å². The Bertz CT molecular complexity index is 1780. The molecule has 3 saturated carbocycles. The second-order valence-corrected chi connectivity index (χ2v) is 14.8. The number of methoxy groups -OCH3 is 1. The number of rotatable bonds is 9. The third-order valence-corrected chi connectivity index (χ3v) is 12.3. The Labute approximate surface area is 290 Å². The number of aliphatic hydroxyl groups is 1. The van der Waals surface area contributed by atoms with Crippen LogP contribution in [0.15, 0.2) is 72.3 Å². The summed E-state index contributed by atoms with van der Waals surface area (Å²) in [4.78, 5) is 52.8. The van der Waals surface area contributed by atoms with Crippen LogP contribution in [0.4, 0.5) is 14.5 Å². The minimum absolute atomic E-state index is 0.0348. The van der Waals surface area contributed by atoms with Crippen LogP contribution >= 0.6 is 0 Å². The Morgan fingerprint density at radius 2 is 1.84 bits per heavy atom. The number of ketones is 2. The van der Waals surface area contributed by atoms with Crippen LogP contribution in [0, 0.1) is 34.4 Å². The topological polar surface area (TPSA) is 145 Å². The minimum atomic E-state index is -2.08. The van der Waals surface area contributed by atoms with Gasteiger partial charge in [0.2, 0.25) is 11.7 Å². The number of halogens is 2. The van der Waals surface area contributed by atoms with Crippen LogP contribution in [-0.4, -0.2) is 65.7 Å². The van der Waals surface area contributed by atoms with Crippen LogP contribution in [0.25, 0.3) is 0 Å². The summed E-state index contributed by atoms with van der Waals surface area (Å²) in [5.74, 6) is -4.64. The molecule has 0 saturated heterocycles. The number of nitrogens with two attached hydrogens (primary N) is 1. The number of fused-ring (bicyclic) bond motifs is 5. The molecule has 0 spiro atoms. The van der Waals surface area contributed by atoms with Gasteiger partial charge in [-0.05, 0) is 86.8 Å². The van der Waals surface area contributed by atoms with Gasteiger partial charge in [0.25, 0.3) is 0 Å². The van der Waals surface area contributed by atoms with Crippen LogP contribution in [-0.2, 0) is 30.3 Å². The van der Waals surface area contributed by atoms with E-state index in [1.54, 1.807) is 13.0 Å². The van der Waals surface area contributed by atoms with Crippen molar-refractivity contribution in [3.63, 3.8) is 0 Å². The Balaban J connectivity index is 1.21. The lowest BCUT2D eigenvalue weighted by molar-refractivity contribution is -0.224. The molecule has 0 bridgehead atoms. The predicted molar refractivity (Wildman–Crippen MR) is 181 cm³/mol. The lowest BCUT2D eigenvalue weighted by Crippen LogP contribution is -2.69. The smallest absolute Gasteiger partial charge is 0.340 e. The molecule has 2 aromatic carbocycles. The predicted octanol–water partition coefficient (Wildman–Crippen LogP) is 5.06. The summed E-state index contributed by atoms with van der Waals surface area (Å²) in [7, 11) is 1.39. The van der Waals surface area contributed by atoms with Gasteiger partial charge in [-0.1, -0.05) is 55.8 Å². The summed E-state index contributed by atoms with van der Waals surface area (Å²) in [6.07, 6.45) is 4.34. The van der Waals surface area contributed by atoms with Gasteiger partial charge in [0.1, 0.15) is 11.4 Å². The lowest BCUT2D eigenvalue weighted by Gasteiger charge is -2.63. The molecule has 1 amide bonds. The number of hydrogen-bond acceptors (Lipinski definition) is 8. The molecule has 2 aromatic rings. The molecule has 1 unspecified atom stereocenters. The number of nitrogens with one attached hydrogen (secondary N) is 1. The summed E-state index contributed by atoms with van der Waals surface area (Å²) in [5.41, 5.74) is 1.41. The second kappa shape index (κ2) is 12.9. The first-order chi connectivity index (χ1) is 23.6. The van der Waals surface area contributed by atoms with Crippen molar-refractivity contribution in [1.82, 2.24) is 0 Å². The Morgan fingerprint density at radius 1 is 1.12 bits per heavy atom. The highest BCUT2D eigenvalue weighted by Gasteiger charge is 2.76. The molecule has 4 N–H and O–H groups in total. The summed E-state index contributed by atoms with van der Waals surface area (Å²) >= 11 is 0. The Morgan fingerprint density at radius 3 is 2.54 bits per heavy atom. The van der Waals surface area contributed by atoms with Crippen molar-refractivity contribution in [2.45, 2.75) is 76.3 Å². The number of Topliss-reactive ketones (excluding diaryl/α,β-unsaturated/α-hetero) is 1. The molecule has 9 nitrogen and oxygen atoms in total. The molecule has 0 aliphatic heterocycles. The fraction of sp³-hybridized carbons (Fsp3) is 0.487. The number of amides is 1. The number of carbonyl (C=O) groups is 4. The van der Waals surface area contributed by atoms with E-state index in [1.807, 2.05) is 44.2 Å². The number of hydrogen-bond donors (Lipinski definition) is 3. The summed E-state index contributed by atoms with van der Waals surface area (Å²) in [5, 5.41) is 14.3. The normalized spacial score (nSPS) is 34.9. The van der Waals surface area contributed by atoms with Crippen LogP contribution in [0.2, 0.25) is 0 Å². The number of carbonyl (C=O) groups excluding carboxylic acids is 4. The van der Waals surface area contributed by atoms with Crippen LogP contribution in [0.1, 0.15) is 62.4 Å². The largest absolute Gasteiger partial charge is 0.454 e. The zero-order valence-electron chi connectivity index (χ0n) is 28.7. The van der Waals surface area contributed by atoms with E-state index in [2.05, 4.69) is 5.32 Å². The van der Waals surface area contributed by atoms with Crippen LogP contribution < -0.4 is 11.1 Å². The molecule has 50 heavy (non-hydrogen) atoms. The summed E-state index contributed by atoms with van der Waals surface area (Å²) < 4.78 is 43.5. The van der Waals surface area contributed by atoms with Crippen molar-refractivity contribution in [2.24, 2.45) is 34.3 Å². The Kier molecular flexibility index (Phi) is 9.24. The van der Waals surface area contributed by atoms with E-state index in [0.29, 0.717) is 24.8 Å². The molecule has 11 heteroatoms.